The minimum atomic E-state index is -1.76. The van der Waals surface area contributed by atoms with E-state index in [1.165, 1.54) is 23.8 Å². The van der Waals surface area contributed by atoms with Crippen molar-refractivity contribution in [2.45, 2.75) is 36.9 Å². The third-order valence-corrected chi connectivity index (χ3v) is 4.36. The Morgan fingerprint density at radius 3 is 3.04 bits per heavy atom. The van der Waals surface area contributed by atoms with Crippen molar-refractivity contribution >= 4 is 17.0 Å². The average molecular weight is 364 g/mol. The van der Waals surface area contributed by atoms with Crippen LogP contribution in [0.15, 0.2) is 22.2 Å². The summed E-state index contributed by atoms with van der Waals surface area (Å²) in [5.41, 5.74) is 9.75. The van der Waals surface area contributed by atoms with Gasteiger partial charge in [-0.3, -0.25) is 9.78 Å². The first kappa shape index (κ1) is 18.0. The quantitative estimate of drug-likeness (QED) is 0.417. The zero-order valence-corrected chi connectivity index (χ0v) is 13.7. The van der Waals surface area contributed by atoms with Crippen LogP contribution in [0.3, 0.4) is 0 Å². The summed E-state index contributed by atoms with van der Waals surface area (Å²) in [6.07, 6.45) is -2.20. The largest absolute Gasteiger partial charge is 0.387 e. The monoisotopic (exact) mass is 364 g/mol. The van der Waals surface area contributed by atoms with Crippen LogP contribution in [0.2, 0.25) is 0 Å². The van der Waals surface area contributed by atoms with Gasteiger partial charge in [-0.1, -0.05) is 17.0 Å². The van der Waals surface area contributed by atoms with Gasteiger partial charge in [0.05, 0.1) is 5.39 Å². The highest BCUT2D eigenvalue weighted by molar-refractivity contribution is 5.76. The van der Waals surface area contributed by atoms with Gasteiger partial charge < -0.3 is 25.9 Å². The van der Waals surface area contributed by atoms with Crippen LogP contribution < -0.4 is 17.0 Å². The number of hydrogen-bond acceptors (Lipinski definition) is 8. The number of halogens is 1. The molecular formula is C15H17FN6O4. The Hall–Kier alpha value is -2.81. The summed E-state index contributed by atoms with van der Waals surface area (Å²) in [6, 6.07) is 0.530. The predicted octanol–water partition coefficient (Wildman–Crippen LogP) is -0.610. The van der Waals surface area contributed by atoms with Gasteiger partial charge in [-0.25, -0.2) is 4.39 Å². The van der Waals surface area contributed by atoms with Gasteiger partial charge in [-0.05, 0) is 13.0 Å². The Morgan fingerprint density at radius 1 is 1.65 bits per heavy atom. The van der Waals surface area contributed by atoms with Crippen molar-refractivity contribution in [3.8, 4) is 11.8 Å². The third kappa shape index (κ3) is 2.64. The molecule has 0 saturated carbocycles. The minimum Gasteiger partial charge on any atom is -0.387 e. The molecule has 1 unspecified atom stereocenters. The fraction of sp³-hybridized carbons (Fsp3) is 0.467. The van der Waals surface area contributed by atoms with E-state index in [4.69, 9.17) is 16.2 Å². The van der Waals surface area contributed by atoms with Crippen molar-refractivity contribution < 1.29 is 14.2 Å². The highest BCUT2D eigenvalue weighted by Gasteiger charge is 2.56. The smallest absolute Gasteiger partial charge is 0.261 e. The van der Waals surface area contributed by atoms with Gasteiger partial charge in [0.25, 0.3) is 5.56 Å². The fourth-order valence-electron chi connectivity index (χ4n) is 3.06. The molecule has 6 N–H and O–H groups in total. The number of aromatic amines is 1. The van der Waals surface area contributed by atoms with Crippen LogP contribution in [0.1, 0.15) is 13.2 Å². The molecule has 5 atom stereocenters. The molecule has 26 heavy (non-hydrogen) atoms. The molecule has 3 heterocycles. The molecule has 1 aliphatic rings. The molecule has 0 aromatic carbocycles. The fourth-order valence-corrected chi connectivity index (χ4v) is 3.06. The van der Waals surface area contributed by atoms with E-state index in [1.807, 2.05) is 0 Å². The van der Waals surface area contributed by atoms with E-state index in [2.05, 4.69) is 27.0 Å². The second kappa shape index (κ2) is 6.49. The van der Waals surface area contributed by atoms with Crippen LogP contribution in [0.25, 0.3) is 11.0 Å². The Kier molecular flexibility index (Phi) is 4.49. The summed E-state index contributed by atoms with van der Waals surface area (Å²) in [7, 11) is 0. The standard InChI is InChI=1S/C15H17FN6O4/c1-7(21-25)9-10(23)15(18,4-2-5-16)13(26-9)22-6-3-8-11(22)19-14(17)20-12(8)24/h3,6-7,9-10,13,23H,5,18H2,1H3,(H3,17,19,20,24)/t7-,9+,10?,13+,15+/m0/s1. The number of nitrogens with zero attached hydrogens (tertiary/aromatic N) is 3. The number of aliphatic hydroxyl groups excluding tert-OH is 1. The number of ether oxygens (including phenoxy) is 1. The van der Waals surface area contributed by atoms with E-state index < -0.39 is 42.3 Å². The number of nitrogen functional groups attached to an aromatic ring is 1. The molecule has 0 spiro atoms. The molecule has 0 radical (unpaired) electrons. The molecule has 138 valence electrons. The number of alkyl halides is 1. The summed E-state index contributed by atoms with van der Waals surface area (Å²) < 4.78 is 19.7. The van der Waals surface area contributed by atoms with Crippen molar-refractivity contribution in [2.75, 3.05) is 12.4 Å². The SMILES string of the molecule is C[C@H](N=O)[C@H]1O[C@@H](n2ccc3c(=O)[nH]c(N)nc32)[C@@](N)(C#CCF)C1O. The minimum absolute atomic E-state index is 0.127. The second-order valence-corrected chi connectivity index (χ2v) is 6.02. The highest BCUT2D eigenvalue weighted by atomic mass is 19.1. The Balaban J connectivity index is 2.18. The number of aromatic nitrogens is 3. The maximum absolute atomic E-state index is 12.6. The zero-order valence-electron chi connectivity index (χ0n) is 13.7. The number of H-pyrrole nitrogens is 1. The van der Waals surface area contributed by atoms with Crippen LogP contribution in [0, 0.1) is 16.7 Å². The second-order valence-electron chi connectivity index (χ2n) is 6.02. The van der Waals surface area contributed by atoms with Crippen molar-refractivity contribution in [3.05, 3.63) is 27.5 Å². The summed E-state index contributed by atoms with van der Waals surface area (Å²) in [6.45, 7) is 0.461. The molecule has 0 aliphatic carbocycles. The van der Waals surface area contributed by atoms with E-state index >= 15 is 0 Å². The summed E-state index contributed by atoms with van der Waals surface area (Å²) in [5, 5.41) is 13.7. The van der Waals surface area contributed by atoms with Gasteiger partial charge in [0.15, 0.2) is 17.4 Å². The van der Waals surface area contributed by atoms with E-state index in [-0.39, 0.29) is 17.0 Å². The number of nitrogens with two attached hydrogens (primary N) is 2. The molecule has 0 bridgehead atoms. The van der Waals surface area contributed by atoms with Crippen molar-refractivity contribution in [1.29, 1.82) is 0 Å². The average Bonchev–Trinajstić information content (AvgIpc) is 3.13. The maximum Gasteiger partial charge on any atom is 0.261 e. The first-order chi connectivity index (χ1) is 12.3. The first-order valence-corrected chi connectivity index (χ1v) is 7.70. The normalized spacial score (nSPS) is 29.3. The van der Waals surface area contributed by atoms with Crippen LogP contribution in [-0.4, -0.2) is 50.1 Å². The Bertz CT molecular complexity index is 962. The lowest BCUT2D eigenvalue weighted by Gasteiger charge is -2.28. The topological polar surface area (TPSA) is 162 Å². The van der Waals surface area contributed by atoms with Gasteiger partial charge in [-0.2, -0.15) is 9.89 Å². The third-order valence-electron chi connectivity index (χ3n) is 4.36. The molecule has 0 amide bonds. The number of fused-ring (bicyclic) bond motifs is 1. The molecule has 1 saturated heterocycles. The van der Waals surface area contributed by atoms with E-state index in [9.17, 15) is 19.2 Å². The lowest BCUT2D eigenvalue weighted by molar-refractivity contribution is -0.0287. The molecule has 3 rings (SSSR count). The molecule has 11 heteroatoms. The van der Waals surface area contributed by atoms with Crippen LogP contribution in [0.5, 0.6) is 0 Å². The van der Waals surface area contributed by atoms with Crippen LogP contribution in [0.4, 0.5) is 10.3 Å². The van der Waals surface area contributed by atoms with Gasteiger partial charge in [0.2, 0.25) is 5.95 Å². The van der Waals surface area contributed by atoms with Crippen molar-refractivity contribution in [1.82, 2.24) is 14.5 Å². The molecule has 10 nitrogen and oxygen atoms in total. The van der Waals surface area contributed by atoms with Crippen molar-refractivity contribution in [2.24, 2.45) is 10.9 Å². The molecule has 2 aromatic heterocycles. The highest BCUT2D eigenvalue weighted by Crippen LogP contribution is 2.39. The van der Waals surface area contributed by atoms with Gasteiger partial charge >= 0.3 is 0 Å². The van der Waals surface area contributed by atoms with E-state index in [1.54, 1.807) is 0 Å². The number of nitrogens with one attached hydrogen (secondary N) is 1. The van der Waals surface area contributed by atoms with Crippen LogP contribution >= 0.6 is 0 Å². The number of rotatable bonds is 3. The summed E-state index contributed by atoms with van der Waals surface area (Å²) >= 11 is 0. The van der Waals surface area contributed by atoms with Crippen molar-refractivity contribution in [3.63, 3.8) is 0 Å². The molecular weight excluding hydrogens is 347 g/mol. The number of nitroso groups, excluding NO2 is 1. The maximum atomic E-state index is 12.6. The van der Waals surface area contributed by atoms with Gasteiger partial charge in [0, 0.05) is 6.20 Å². The van der Waals surface area contributed by atoms with Gasteiger partial charge in [-0.15, -0.1) is 0 Å². The van der Waals surface area contributed by atoms with Gasteiger partial charge in [0.1, 0.15) is 24.9 Å². The van der Waals surface area contributed by atoms with E-state index in [0.717, 1.165) is 0 Å². The number of hydrogen-bond donors (Lipinski definition) is 4. The lowest BCUT2D eigenvalue weighted by Crippen LogP contribution is -2.54. The predicted molar refractivity (Wildman–Crippen MR) is 90.6 cm³/mol. The lowest BCUT2D eigenvalue weighted by atomic mass is 9.89. The van der Waals surface area contributed by atoms with E-state index in [0.29, 0.717) is 0 Å². The molecule has 1 fully saturated rings. The summed E-state index contributed by atoms with van der Waals surface area (Å²) in [4.78, 5) is 29.3. The Morgan fingerprint density at radius 2 is 2.38 bits per heavy atom. The van der Waals surface area contributed by atoms with Crippen LogP contribution in [-0.2, 0) is 4.74 Å². The number of anilines is 1. The molecule has 2 aromatic rings. The molecule has 1 aliphatic heterocycles. The first-order valence-electron chi connectivity index (χ1n) is 7.70. The Labute approximate surface area is 146 Å². The zero-order chi connectivity index (χ0) is 19.1. The summed E-state index contributed by atoms with van der Waals surface area (Å²) in [5.74, 6) is 4.52. The number of aliphatic hydroxyl groups is 1.